The lowest BCUT2D eigenvalue weighted by Gasteiger charge is -2.41. The maximum absolute atomic E-state index is 10.9. The molecule has 0 aromatic heterocycles. The van der Waals surface area contributed by atoms with Gasteiger partial charge >= 0.3 is 5.97 Å². The van der Waals surface area contributed by atoms with Crippen molar-refractivity contribution in [1.29, 1.82) is 0 Å². The molecule has 1 aromatic carbocycles. The van der Waals surface area contributed by atoms with Crippen molar-refractivity contribution >= 4 is 27.6 Å². The number of halogens is 1. The van der Waals surface area contributed by atoms with Crippen molar-refractivity contribution in [3.05, 3.63) is 28.2 Å². The van der Waals surface area contributed by atoms with Crippen molar-refractivity contribution < 1.29 is 9.90 Å². The van der Waals surface area contributed by atoms with Crippen LogP contribution >= 0.6 is 15.9 Å². The topological polar surface area (TPSA) is 40.5 Å². The van der Waals surface area contributed by atoms with E-state index < -0.39 is 5.97 Å². The van der Waals surface area contributed by atoms with Crippen molar-refractivity contribution in [2.75, 3.05) is 18.0 Å². The lowest BCUT2D eigenvalue weighted by atomic mass is 9.96. The molecule has 1 N–H and O–H groups in total. The summed E-state index contributed by atoms with van der Waals surface area (Å²) >= 11 is 3.35. The van der Waals surface area contributed by atoms with Gasteiger partial charge in [0.15, 0.2) is 0 Å². The van der Waals surface area contributed by atoms with Gasteiger partial charge in [0.2, 0.25) is 0 Å². The molecule has 0 unspecified atom stereocenters. The minimum Gasteiger partial charge on any atom is -0.478 e. The van der Waals surface area contributed by atoms with Crippen LogP contribution in [0.4, 0.5) is 5.69 Å². The minimum atomic E-state index is -0.880. The molecule has 1 aliphatic heterocycles. The molecule has 0 atom stereocenters. The molecule has 16 heavy (non-hydrogen) atoms. The van der Waals surface area contributed by atoms with E-state index in [1.165, 1.54) is 6.42 Å². The van der Waals surface area contributed by atoms with E-state index in [-0.39, 0.29) is 0 Å². The van der Waals surface area contributed by atoms with Gasteiger partial charge in [-0.15, -0.1) is 0 Å². The number of anilines is 1. The van der Waals surface area contributed by atoms with Crippen molar-refractivity contribution in [1.82, 2.24) is 0 Å². The summed E-state index contributed by atoms with van der Waals surface area (Å²) in [5.41, 5.74) is 1.33. The lowest BCUT2D eigenvalue weighted by Crippen LogP contribution is -2.46. The molecule has 3 nitrogen and oxygen atoms in total. The van der Waals surface area contributed by atoms with Gasteiger partial charge in [0.25, 0.3) is 0 Å². The molecular weight excluding hydrogens is 270 g/mol. The zero-order valence-corrected chi connectivity index (χ0v) is 10.7. The van der Waals surface area contributed by atoms with E-state index >= 15 is 0 Å². The highest BCUT2D eigenvalue weighted by Crippen LogP contribution is 2.29. The second-order valence-electron chi connectivity index (χ2n) is 4.18. The molecule has 1 saturated heterocycles. The van der Waals surface area contributed by atoms with Crippen molar-refractivity contribution in [3.63, 3.8) is 0 Å². The summed E-state index contributed by atoms with van der Waals surface area (Å²) in [7, 11) is 0. The Balaban J connectivity index is 2.19. The summed E-state index contributed by atoms with van der Waals surface area (Å²) in [6.07, 6.45) is 1.19. The van der Waals surface area contributed by atoms with Crippen molar-refractivity contribution in [2.45, 2.75) is 13.3 Å². The number of carboxylic acid groups (broad SMARTS) is 1. The van der Waals surface area contributed by atoms with Gasteiger partial charge in [-0.3, -0.25) is 0 Å². The van der Waals surface area contributed by atoms with E-state index in [4.69, 9.17) is 5.11 Å². The Morgan fingerprint density at radius 1 is 1.50 bits per heavy atom. The number of carboxylic acids is 1. The number of aromatic carboxylic acids is 1. The van der Waals surface area contributed by atoms with Crippen LogP contribution < -0.4 is 4.90 Å². The molecule has 1 fully saturated rings. The molecule has 0 aliphatic carbocycles. The van der Waals surface area contributed by atoms with Crippen molar-refractivity contribution in [2.24, 2.45) is 5.92 Å². The monoisotopic (exact) mass is 283 g/mol. The van der Waals surface area contributed by atoms with Crippen LogP contribution in [0.25, 0.3) is 0 Å². The first-order valence-electron chi connectivity index (χ1n) is 5.39. The van der Waals surface area contributed by atoms with E-state index in [9.17, 15) is 4.79 Å². The van der Waals surface area contributed by atoms with Crippen LogP contribution in [0.5, 0.6) is 0 Å². The average Bonchev–Trinajstić information content (AvgIpc) is 2.15. The lowest BCUT2D eigenvalue weighted by molar-refractivity contribution is 0.0697. The van der Waals surface area contributed by atoms with E-state index in [0.29, 0.717) is 5.56 Å². The van der Waals surface area contributed by atoms with E-state index in [0.717, 1.165) is 29.2 Å². The van der Waals surface area contributed by atoms with Crippen LogP contribution in [-0.4, -0.2) is 24.2 Å². The number of carbonyl (C=O) groups is 1. The van der Waals surface area contributed by atoms with Crippen LogP contribution in [0.15, 0.2) is 22.7 Å². The second kappa shape index (κ2) is 4.45. The van der Waals surface area contributed by atoms with Gasteiger partial charge in [-0.25, -0.2) is 4.79 Å². The first-order valence-corrected chi connectivity index (χ1v) is 6.18. The second-order valence-corrected chi connectivity index (χ2v) is 5.10. The fourth-order valence-electron chi connectivity index (χ4n) is 1.92. The molecule has 1 heterocycles. The van der Waals surface area contributed by atoms with E-state index in [1.807, 2.05) is 6.07 Å². The van der Waals surface area contributed by atoms with Crippen molar-refractivity contribution in [3.8, 4) is 0 Å². The van der Waals surface area contributed by atoms with Gasteiger partial charge in [-0.1, -0.05) is 22.9 Å². The Hall–Kier alpha value is -1.03. The Kier molecular flexibility index (Phi) is 3.19. The third-order valence-corrected chi connectivity index (χ3v) is 3.49. The summed E-state index contributed by atoms with van der Waals surface area (Å²) in [5.74, 6) is -0.123. The fourth-order valence-corrected chi connectivity index (χ4v) is 2.40. The molecule has 4 heteroatoms. The summed E-state index contributed by atoms with van der Waals surface area (Å²) in [5, 5.41) is 8.97. The molecular formula is C12H14BrNO2. The predicted octanol–water partition coefficient (Wildman–Crippen LogP) is 2.99. The Labute approximate surface area is 103 Å². The molecule has 0 bridgehead atoms. The number of benzene rings is 1. The number of rotatable bonds is 3. The maximum atomic E-state index is 10.9. The number of hydrogen-bond acceptors (Lipinski definition) is 2. The van der Waals surface area contributed by atoms with Crippen LogP contribution in [0.3, 0.4) is 0 Å². The number of nitrogens with zero attached hydrogens (tertiary/aromatic N) is 1. The zero-order chi connectivity index (χ0) is 11.7. The standard InChI is InChI=1S/C12H14BrNO2/c1-2-8-6-14(7-8)11-4-9(12(15)16)3-10(13)5-11/h3-5,8H,2,6-7H2,1H3,(H,15,16). The molecule has 0 radical (unpaired) electrons. The summed E-state index contributed by atoms with van der Waals surface area (Å²) in [4.78, 5) is 13.1. The smallest absolute Gasteiger partial charge is 0.335 e. The highest BCUT2D eigenvalue weighted by molar-refractivity contribution is 9.10. The molecule has 0 amide bonds. The van der Waals surface area contributed by atoms with E-state index in [1.54, 1.807) is 12.1 Å². The third-order valence-electron chi connectivity index (χ3n) is 3.03. The van der Waals surface area contributed by atoms with Crippen LogP contribution in [0, 0.1) is 5.92 Å². The van der Waals surface area contributed by atoms with Crippen LogP contribution in [-0.2, 0) is 0 Å². The van der Waals surface area contributed by atoms with E-state index in [2.05, 4.69) is 27.8 Å². The molecule has 0 saturated carbocycles. The fraction of sp³-hybridized carbons (Fsp3) is 0.417. The van der Waals surface area contributed by atoms with Gasteiger partial charge in [-0.05, 0) is 30.5 Å². The Bertz CT molecular complexity index is 413. The van der Waals surface area contributed by atoms with Gasteiger partial charge in [0, 0.05) is 23.2 Å². The van der Waals surface area contributed by atoms with Gasteiger partial charge in [-0.2, -0.15) is 0 Å². The molecule has 86 valence electrons. The maximum Gasteiger partial charge on any atom is 0.335 e. The summed E-state index contributed by atoms with van der Waals surface area (Å²) in [6, 6.07) is 5.33. The molecule has 0 spiro atoms. The van der Waals surface area contributed by atoms with Crippen LogP contribution in [0.2, 0.25) is 0 Å². The summed E-state index contributed by atoms with van der Waals surface area (Å²) in [6.45, 7) is 4.25. The zero-order valence-electron chi connectivity index (χ0n) is 9.11. The minimum absolute atomic E-state index is 0.337. The molecule has 1 aromatic rings. The predicted molar refractivity (Wildman–Crippen MR) is 67.1 cm³/mol. The quantitative estimate of drug-likeness (QED) is 0.927. The van der Waals surface area contributed by atoms with Gasteiger partial charge in [0.05, 0.1) is 5.56 Å². The Morgan fingerprint density at radius 2 is 2.19 bits per heavy atom. The van der Waals surface area contributed by atoms with Crippen LogP contribution in [0.1, 0.15) is 23.7 Å². The number of hydrogen-bond donors (Lipinski definition) is 1. The molecule has 2 rings (SSSR count). The van der Waals surface area contributed by atoms with Gasteiger partial charge < -0.3 is 10.0 Å². The normalized spacial score (nSPS) is 16.0. The largest absolute Gasteiger partial charge is 0.478 e. The average molecular weight is 284 g/mol. The highest BCUT2D eigenvalue weighted by Gasteiger charge is 2.25. The first-order chi connectivity index (χ1) is 7.60. The SMILES string of the molecule is CCC1CN(c2cc(Br)cc(C(=O)O)c2)C1. The van der Waals surface area contributed by atoms with Gasteiger partial charge in [0.1, 0.15) is 0 Å². The molecule has 1 aliphatic rings. The first kappa shape index (κ1) is 11.5. The Morgan fingerprint density at radius 3 is 2.75 bits per heavy atom. The third kappa shape index (κ3) is 2.21. The highest BCUT2D eigenvalue weighted by atomic mass is 79.9. The summed E-state index contributed by atoms with van der Waals surface area (Å²) < 4.78 is 0.822.